The Bertz CT molecular complexity index is 397. The van der Waals surface area contributed by atoms with Crippen molar-refractivity contribution in [1.29, 1.82) is 0 Å². The maximum atomic E-state index is 12.4. The Morgan fingerprint density at radius 1 is 1.39 bits per heavy atom. The van der Waals surface area contributed by atoms with E-state index in [9.17, 15) is 14.7 Å². The zero-order chi connectivity index (χ0) is 13.3. The molecule has 2 fully saturated rings. The lowest BCUT2D eigenvalue weighted by Crippen LogP contribution is -2.52. The molecule has 5 nitrogen and oxygen atoms in total. The second-order valence-electron chi connectivity index (χ2n) is 5.23. The molecule has 2 aliphatic heterocycles. The minimum absolute atomic E-state index is 0.0255. The highest BCUT2D eigenvalue weighted by Crippen LogP contribution is 2.25. The summed E-state index contributed by atoms with van der Waals surface area (Å²) in [6.07, 6.45) is 1.76. The van der Waals surface area contributed by atoms with Crippen molar-refractivity contribution in [2.24, 2.45) is 5.92 Å². The van der Waals surface area contributed by atoms with E-state index in [1.54, 1.807) is 6.92 Å². The van der Waals surface area contributed by atoms with Crippen LogP contribution in [0.1, 0.15) is 26.7 Å². The second kappa shape index (κ2) is 5.10. The molecule has 18 heavy (non-hydrogen) atoms. The van der Waals surface area contributed by atoms with Gasteiger partial charge in [0.25, 0.3) is 0 Å². The standard InChI is InChI=1S/C13H20N2O3/c1-8-4-3-5-15(11(8)13(17)18)12(16)9(2)10-6-14-7-10/h8,11,14H,3-7H2,1-2H3,(H,17,18). The maximum absolute atomic E-state index is 12.4. The number of carboxylic acids is 1. The summed E-state index contributed by atoms with van der Waals surface area (Å²) >= 11 is 0. The van der Waals surface area contributed by atoms with Gasteiger partial charge < -0.3 is 15.3 Å². The Kier molecular flexibility index (Phi) is 3.71. The number of rotatable bonds is 2. The molecule has 2 rings (SSSR count). The molecule has 0 saturated carbocycles. The molecule has 100 valence electrons. The van der Waals surface area contributed by atoms with Gasteiger partial charge in [-0.05, 0) is 31.3 Å². The Labute approximate surface area is 107 Å². The Balaban J connectivity index is 2.19. The number of nitrogens with zero attached hydrogens (tertiary/aromatic N) is 1. The van der Waals surface area contributed by atoms with Crippen LogP contribution in [0, 0.1) is 5.92 Å². The van der Waals surface area contributed by atoms with Crippen LogP contribution in [0.3, 0.4) is 0 Å². The van der Waals surface area contributed by atoms with Crippen LogP contribution in [0.2, 0.25) is 0 Å². The van der Waals surface area contributed by atoms with Crippen molar-refractivity contribution in [3.8, 4) is 0 Å². The molecule has 1 amide bonds. The number of carbonyl (C=O) groups excluding carboxylic acids is 1. The van der Waals surface area contributed by atoms with Crippen molar-refractivity contribution in [3.63, 3.8) is 0 Å². The van der Waals surface area contributed by atoms with E-state index in [0.717, 1.165) is 31.5 Å². The lowest BCUT2D eigenvalue weighted by atomic mass is 9.89. The quantitative estimate of drug-likeness (QED) is 0.707. The van der Waals surface area contributed by atoms with Gasteiger partial charge in [0.05, 0.1) is 0 Å². The predicted octanol–water partition coefficient (Wildman–Crippen LogP) is 0.618. The van der Waals surface area contributed by atoms with Crippen LogP contribution in [0.25, 0.3) is 0 Å². The Morgan fingerprint density at radius 2 is 2.06 bits per heavy atom. The van der Waals surface area contributed by atoms with E-state index in [-0.39, 0.29) is 11.8 Å². The van der Waals surface area contributed by atoms with Crippen molar-refractivity contribution in [3.05, 3.63) is 11.1 Å². The van der Waals surface area contributed by atoms with Crippen molar-refractivity contribution in [2.45, 2.75) is 32.7 Å². The fourth-order valence-electron chi connectivity index (χ4n) is 2.67. The average Bonchev–Trinajstić information content (AvgIpc) is 2.24. The van der Waals surface area contributed by atoms with E-state index < -0.39 is 12.0 Å². The van der Waals surface area contributed by atoms with Gasteiger partial charge >= 0.3 is 5.97 Å². The third kappa shape index (κ3) is 2.27. The minimum Gasteiger partial charge on any atom is -0.480 e. The Morgan fingerprint density at radius 3 is 2.56 bits per heavy atom. The van der Waals surface area contributed by atoms with Gasteiger partial charge in [-0.2, -0.15) is 0 Å². The Hall–Kier alpha value is -1.36. The van der Waals surface area contributed by atoms with Crippen LogP contribution in [0.5, 0.6) is 0 Å². The molecule has 2 unspecified atom stereocenters. The molecule has 0 spiro atoms. The van der Waals surface area contributed by atoms with Crippen molar-refractivity contribution < 1.29 is 14.7 Å². The largest absolute Gasteiger partial charge is 0.480 e. The number of aliphatic carboxylic acids is 1. The summed E-state index contributed by atoms with van der Waals surface area (Å²) in [5, 5.41) is 12.4. The topological polar surface area (TPSA) is 69.6 Å². The lowest BCUT2D eigenvalue weighted by molar-refractivity contribution is -0.153. The van der Waals surface area contributed by atoms with Crippen molar-refractivity contribution >= 4 is 11.9 Å². The van der Waals surface area contributed by atoms with Crippen LogP contribution >= 0.6 is 0 Å². The molecule has 2 N–H and O–H groups in total. The lowest BCUT2D eigenvalue weighted by Gasteiger charge is -2.38. The number of carboxylic acid groups (broad SMARTS) is 1. The summed E-state index contributed by atoms with van der Waals surface area (Å²) in [6.45, 7) is 5.76. The van der Waals surface area contributed by atoms with Crippen molar-refractivity contribution in [2.75, 3.05) is 19.6 Å². The van der Waals surface area contributed by atoms with E-state index in [4.69, 9.17) is 0 Å². The minimum atomic E-state index is -0.889. The molecule has 2 saturated heterocycles. The van der Waals surface area contributed by atoms with Crippen LogP contribution in [-0.4, -0.2) is 47.6 Å². The van der Waals surface area contributed by atoms with Crippen molar-refractivity contribution in [1.82, 2.24) is 10.2 Å². The predicted molar refractivity (Wildman–Crippen MR) is 67.1 cm³/mol. The number of hydrogen-bond donors (Lipinski definition) is 2. The summed E-state index contributed by atoms with van der Waals surface area (Å²) < 4.78 is 0. The molecule has 0 bridgehead atoms. The third-order valence-electron chi connectivity index (χ3n) is 3.98. The number of nitrogens with one attached hydrogen (secondary N) is 1. The monoisotopic (exact) mass is 252 g/mol. The van der Waals surface area contributed by atoms with E-state index in [2.05, 4.69) is 5.32 Å². The molecule has 5 heteroatoms. The van der Waals surface area contributed by atoms with Gasteiger partial charge in [-0.25, -0.2) is 4.79 Å². The van der Waals surface area contributed by atoms with Gasteiger partial charge in [0.15, 0.2) is 0 Å². The van der Waals surface area contributed by atoms with Gasteiger partial charge in [0.1, 0.15) is 6.04 Å². The summed E-state index contributed by atoms with van der Waals surface area (Å²) in [5.74, 6) is -0.969. The second-order valence-corrected chi connectivity index (χ2v) is 5.23. The molecule has 0 aromatic heterocycles. The molecular weight excluding hydrogens is 232 g/mol. The molecule has 0 radical (unpaired) electrons. The van der Waals surface area contributed by atoms with Gasteiger partial charge in [-0.15, -0.1) is 0 Å². The molecule has 0 aromatic rings. The molecule has 0 aromatic carbocycles. The van der Waals surface area contributed by atoms with E-state index in [0.29, 0.717) is 12.1 Å². The van der Waals surface area contributed by atoms with E-state index >= 15 is 0 Å². The van der Waals surface area contributed by atoms with Gasteiger partial charge in [0.2, 0.25) is 5.91 Å². The molecule has 0 aliphatic carbocycles. The fraction of sp³-hybridized carbons (Fsp3) is 0.692. The first-order valence-corrected chi connectivity index (χ1v) is 6.45. The number of hydrogen-bond acceptors (Lipinski definition) is 3. The molecule has 2 atom stereocenters. The number of carbonyl (C=O) groups is 2. The highest BCUT2D eigenvalue weighted by molar-refractivity contribution is 5.96. The van der Waals surface area contributed by atoms with Crippen LogP contribution in [0.4, 0.5) is 0 Å². The number of piperidine rings is 1. The number of amides is 1. The zero-order valence-corrected chi connectivity index (χ0v) is 10.9. The average molecular weight is 252 g/mol. The smallest absolute Gasteiger partial charge is 0.326 e. The summed E-state index contributed by atoms with van der Waals surface area (Å²) in [7, 11) is 0. The van der Waals surface area contributed by atoms with Gasteiger partial charge in [-0.1, -0.05) is 6.92 Å². The van der Waals surface area contributed by atoms with Gasteiger partial charge in [0, 0.05) is 25.2 Å². The van der Waals surface area contributed by atoms with Gasteiger partial charge in [-0.3, -0.25) is 4.79 Å². The first-order chi connectivity index (χ1) is 8.52. The first-order valence-electron chi connectivity index (χ1n) is 6.45. The van der Waals surface area contributed by atoms with Crippen LogP contribution in [0.15, 0.2) is 11.1 Å². The molecular formula is C13H20N2O3. The van der Waals surface area contributed by atoms with E-state index in [1.807, 2.05) is 6.92 Å². The molecule has 2 aliphatic rings. The summed E-state index contributed by atoms with van der Waals surface area (Å²) in [4.78, 5) is 25.2. The normalized spacial score (nSPS) is 27.7. The van der Waals surface area contributed by atoms with E-state index in [1.165, 1.54) is 4.90 Å². The SMILES string of the molecule is CC(C(=O)N1CCCC(C)C1C(=O)O)=C1CNC1. The summed E-state index contributed by atoms with van der Waals surface area (Å²) in [6, 6.07) is -0.671. The number of likely N-dealkylation sites (tertiary alicyclic amines) is 1. The fourth-order valence-corrected chi connectivity index (χ4v) is 2.67. The highest BCUT2D eigenvalue weighted by atomic mass is 16.4. The summed E-state index contributed by atoms with van der Waals surface area (Å²) in [5.41, 5.74) is 1.82. The maximum Gasteiger partial charge on any atom is 0.326 e. The highest BCUT2D eigenvalue weighted by Gasteiger charge is 2.37. The van der Waals surface area contributed by atoms with Crippen LogP contribution in [-0.2, 0) is 9.59 Å². The van der Waals surface area contributed by atoms with Crippen LogP contribution < -0.4 is 5.32 Å². The first kappa shape index (κ1) is 13.1. The molecule has 2 heterocycles. The third-order valence-corrected chi connectivity index (χ3v) is 3.98. The zero-order valence-electron chi connectivity index (χ0n) is 10.9.